The summed E-state index contributed by atoms with van der Waals surface area (Å²) in [6.45, 7) is 0.0250. The van der Waals surface area contributed by atoms with Crippen LogP contribution in [0.5, 0.6) is 0 Å². The van der Waals surface area contributed by atoms with Crippen LogP contribution >= 0.6 is 0 Å². The Labute approximate surface area is 91.4 Å². The molecule has 0 heterocycles. The average Bonchev–Trinajstić information content (AvgIpc) is 2.19. The lowest BCUT2D eigenvalue weighted by atomic mass is 9.86. The number of alkyl halides is 3. The van der Waals surface area contributed by atoms with Crippen LogP contribution in [0.15, 0.2) is 0 Å². The van der Waals surface area contributed by atoms with Gasteiger partial charge in [-0.1, -0.05) is 0 Å². The summed E-state index contributed by atoms with van der Waals surface area (Å²) in [4.78, 5) is 21.4. The summed E-state index contributed by atoms with van der Waals surface area (Å²) in [5.41, 5.74) is 0. The van der Waals surface area contributed by atoms with Crippen LogP contribution in [0.3, 0.4) is 0 Å². The molecule has 1 saturated carbocycles. The summed E-state index contributed by atoms with van der Waals surface area (Å²) in [6, 6.07) is 0. The third kappa shape index (κ3) is 4.20. The van der Waals surface area contributed by atoms with E-state index in [4.69, 9.17) is 0 Å². The smallest absolute Gasteiger partial charge is 0.348 e. The molecule has 0 aromatic carbocycles. The van der Waals surface area contributed by atoms with Crippen molar-refractivity contribution in [2.75, 3.05) is 6.54 Å². The number of ketones is 1. The van der Waals surface area contributed by atoms with E-state index in [1.54, 1.807) is 0 Å². The Morgan fingerprint density at radius 2 is 1.88 bits per heavy atom. The summed E-state index contributed by atoms with van der Waals surface area (Å²) >= 11 is 0. The third-order valence-electron chi connectivity index (χ3n) is 2.76. The van der Waals surface area contributed by atoms with Gasteiger partial charge in [0.25, 0.3) is 0 Å². The van der Waals surface area contributed by atoms with Crippen molar-refractivity contribution in [3.63, 3.8) is 0 Å². The van der Waals surface area contributed by atoms with E-state index in [1.165, 1.54) is 0 Å². The first-order chi connectivity index (χ1) is 7.39. The van der Waals surface area contributed by atoms with Crippen molar-refractivity contribution < 1.29 is 22.8 Å². The zero-order valence-electron chi connectivity index (χ0n) is 8.77. The summed E-state index contributed by atoms with van der Waals surface area (Å²) in [5, 5.41) is 1.83. The minimum absolute atomic E-state index is 0.0250. The van der Waals surface area contributed by atoms with E-state index < -0.39 is 12.1 Å². The van der Waals surface area contributed by atoms with Crippen molar-refractivity contribution in [2.24, 2.45) is 5.92 Å². The Morgan fingerprint density at radius 1 is 1.31 bits per heavy atom. The number of halogens is 3. The summed E-state index contributed by atoms with van der Waals surface area (Å²) in [7, 11) is 0. The number of carbonyl (C=O) groups excluding carboxylic acids is 2. The SMILES string of the molecule is O=C1CCC(CCNC(=O)C(F)(F)F)CC1. The van der Waals surface area contributed by atoms with E-state index in [9.17, 15) is 22.8 Å². The molecular formula is C10H14F3NO2. The number of Topliss-reactive ketones (excluding diaryl/α,β-unsaturated/α-hetero) is 1. The third-order valence-corrected chi connectivity index (χ3v) is 2.76. The Bertz CT molecular complexity index is 266. The van der Waals surface area contributed by atoms with Crippen LogP contribution < -0.4 is 5.32 Å². The van der Waals surface area contributed by atoms with E-state index in [2.05, 4.69) is 0 Å². The van der Waals surface area contributed by atoms with Gasteiger partial charge >= 0.3 is 12.1 Å². The van der Waals surface area contributed by atoms with E-state index in [1.807, 2.05) is 5.32 Å². The van der Waals surface area contributed by atoms with Gasteiger partial charge in [0.05, 0.1) is 0 Å². The second-order valence-electron chi connectivity index (χ2n) is 4.02. The van der Waals surface area contributed by atoms with Gasteiger partial charge in [0.1, 0.15) is 5.78 Å². The van der Waals surface area contributed by atoms with Crippen LogP contribution in [0.4, 0.5) is 13.2 Å². The van der Waals surface area contributed by atoms with Crippen molar-refractivity contribution in [1.29, 1.82) is 0 Å². The first-order valence-corrected chi connectivity index (χ1v) is 5.26. The minimum atomic E-state index is -4.80. The predicted octanol–water partition coefficient (Wildman–Crippen LogP) is 1.81. The van der Waals surface area contributed by atoms with Gasteiger partial charge in [-0.3, -0.25) is 9.59 Å². The number of carbonyl (C=O) groups is 2. The molecule has 3 nitrogen and oxygen atoms in total. The molecule has 0 bridgehead atoms. The lowest BCUT2D eigenvalue weighted by Crippen LogP contribution is -2.37. The first kappa shape index (κ1) is 13.0. The Hall–Kier alpha value is -1.07. The maximum atomic E-state index is 11.8. The number of amides is 1. The van der Waals surface area contributed by atoms with Gasteiger partial charge in [-0.25, -0.2) is 0 Å². The minimum Gasteiger partial charge on any atom is -0.348 e. The van der Waals surface area contributed by atoms with Crippen LogP contribution in [-0.2, 0) is 9.59 Å². The number of hydrogen-bond acceptors (Lipinski definition) is 2. The average molecular weight is 237 g/mol. The molecule has 0 radical (unpaired) electrons. The Kier molecular flexibility index (Phi) is 4.32. The zero-order chi connectivity index (χ0) is 12.2. The second kappa shape index (κ2) is 5.32. The van der Waals surface area contributed by atoms with E-state index >= 15 is 0 Å². The highest BCUT2D eigenvalue weighted by Crippen LogP contribution is 2.24. The largest absolute Gasteiger partial charge is 0.471 e. The monoisotopic (exact) mass is 237 g/mol. The molecule has 0 aromatic rings. The lowest BCUT2D eigenvalue weighted by molar-refractivity contribution is -0.173. The van der Waals surface area contributed by atoms with Gasteiger partial charge in [-0.15, -0.1) is 0 Å². The van der Waals surface area contributed by atoms with E-state index in [0.29, 0.717) is 19.3 Å². The number of hydrogen-bond donors (Lipinski definition) is 1. The van der Waals surface area contributed by atoms with Crippen molar-refractivity contribution in [2.45, 2.75) is 38.3 Å². The quantitative estimate of drug-likeness (QED) is 0.813. The van der Waals surface area contributed by atoms with E-state index in [0.717, 1.165) is 12.8 Å². The molecule has 1 rings (SSSR count). The molecule has 0 aromatic heterocycles. The fourth-order valence-corrected chi connectivity index (χ4v) is 1.78. The van der Waals surface area contributed by atoms with Gasteiger partial charge in [-0.2, -0.15) is 13.2 Å². The molecule has 1 fully saturated rings. The molecule has 0 spiro atoms. The molecule has 92 valence electrons. The van der Waals surface area contributed by atoms with Gasteiger partial charge in [0.2, 0.25) is 0 Å². The summed E-state index contributed by atoms with van der Waals surface area (Å²) < 4.78 is 35.4. The van der Waals surface area contributed by atoms with Crippen molar-refractivity contribution >= 4 is 11.7 Å². The standard InChI is InChI=1S/C10H14F3NO2/c11-10(12,13)9(16)14-6-5-7-1-3-8(15)4-2-7/h7H,1-6H2,(H,14,16). The zero-order valence-corrected chi connectivity index (χ0v) is 8.77. The molecular weight excluding hydrogens is 223 g/mol. The van der Waals surface area contributed by atoms with E-state index in [-0.39, 0.29) is 18.2 Å². The fourth-order valence-electron chi connectivity index (χ4n) is 1.78. The Balaban J connectivity index is 2.16. The van der Waals surface area contributed by atoms with Gasteiger partial charge in [0.15, 0.2) is 0 Å². The lowest BCUT2D eigenvalue weighted by Gasteiger charge is -2.20. The fraction of sp³-hybridized carbons (Fsp3) is 0.800. The molecule has 1 aliphatic carbocycles. The van der Waals surface area contributed by atoms with Crippen LogP contribution in [0.1, 0.15) is 32.1 Å². The summed E-state index contributed by atoms with van der Waals surface area (Å²) in [6.07, 6.45) is -1.82. The summed E-state index contributed by atoms with van der Waals surface area (Å²) in [5.74, 6) is -1.42. The number of nitrogens with one attached hydrogen (secondary N) is 1. The van der Waals surface area contributed by atoms with Gasteiger partial charge in [0, 0.05) is 19.4 Å². The van der Waals surface area contributed by atoms with Crippen molar-refractivity contribution in [1.82, 2.24) is 5.32 Å². The highest BCUT2D eigenvalue weighted by Gasteiger charge is 2.38. The topological polar surface area (TPSA) is 46.2 Å². The molecule has 1 amide bonds. The second-order valence-corrected chi connectivity index (χ2v) is 4.02. The van der Waals surface area contributed by atoms with Gasteiger partial charge in [-0.05, 0) is 25.2 Å². The van der Waals surface area contributed by atoms with Gasteiger partial charge < -0.3 is 5.32 Å². The first-order valence-electron chi connectivity index (χ1n) is 5.26. The van der Waals surface area contributed by atoms with Crippen LogP contribution in [0.2, 0.25) is 0 Å². The van der Waals surface area contributed by atoms with Crippen molar-refractivity contribution in [3.8, 4) is 0 Å². The molecule has 16 heavy (non-hydrogen) atoms. The maximum Gasteiger partial charge on any atom is 0.471 e. The highest BCUT2D eigenvalue weighted by molar-refractivity contribution is 5.81. The predicted molar refractivity (Wildman–Crippen MR) is 50.6 cm³/mol. The van der Waals surface area contributed by atoms with Crippen LogP contribution in [0, 0.1) is 5.92 Å². The van der Waals surface area contributed by atoms with Crippen LogP contribution in [-0.4, -0.2) is 24.4 Å². The van der Waals surface area contributed by atoms with Crippen LogP contribution in [0.25, 0.3) is 0 Å². The molecule has 0 atom stereocenters. The normalized spacial score (nSPS) is 18.6. The molecule has 0 aliphatic heterocycles. The van der Waals surface area contributed by atoms with Crippen molar-refractivity contribution in [3.05, 3.63) is 0 Å². The highest BCUT2D eigenvalue weighted by atomic mass is 19.4. The molecule has 6 heteroatoms. The molecule has 1 N–H and O–H groups in total. The maximum absolute atomic E-state index is 11.8. The molecule has 1 aliphatic rings. The Morgan fingerprint density at radius 3 is 2.38 bits per heavy atom. The molecule has 0 saturated heterocycles. The molecule has 0 unspecified atom stereocenters. The number of rotatable bonds is 3.